The van der Waals surface area contributed by atoms with Gasteiger partial charge in [0.1, 0.15) is 0 Å². The van der Waals surface area contributed by atoms with E-state index < -0.39 is 6.10 Å². The van der Waals surface area contributed by atoms with Gasteiger partial charge in [0.2, 0.25) is 0 Å². The lowest BCUT2D eigenvalue weighted by atomic mass is 10.1. The average molecular weight is 241 g/mol. The number of ether oxygens (including phenoxy) is 1. The summed E-state index contributed by atoms with van der Waals surface area (Å²) in [5.74, 6) is 0. The van der Waals surface area contributed by atoms with Gasteiger partial charge in [0.25, 0.3) is 0 Å². The molecular formula is C12H23N3O2. The quantitative estimate of drug-likeness (QED) is 0.666. The van der Waals surface area contributed by atoms with Gasteiger partial charge in [-0.15, -0.1) is 0 Å². The van der Waals surface area contributed by atoms with Crippen LogP contribution in [0.5, 0.6) is 0 Å². The molecule has 1 rings (SSSR count). The highest BCUT2D eigenvalue weighted by Gasteiger charge is 2.10. The molecule has 0 aliphatic carbocycles. The fourth-order valence-corrected chi connectivity index (χ4v) is 1.79. The highest BCUT2D eigenvalue weighted by molar-refractivity contribution is 4.79. The normalized spacial score (nSPS) is 14.8. The summed E-state index contributed by atoms with van der Waals surface area (Å²) in [5.41, 5.74) is 0. The standard InChI is InChI=1S/C12H23N3O2/c1-3-5-11(10-17-2)13-8-12(16)9-15-7-4-6-14-15/h4,6-7,11-13,16H,3,5,8-10H2,1-2H3. The van der Waals surface area contributed by atoms with Gasteiger partial charge in [-0.1, -0.05) is 13.3 Å². The zero-order valence-electron chi connectivity index (χ0n) is 10.7. The van der Waals surface area contributed by atoms with E-state index in [0.29, 0.717) is 25.7 Å². The Morgan fingerprint density at radius 2 is 2.35 bits per heavy atom. The van der Waals surface area contributed by atoms with Crippen LogP contribution in [0.3, 0.4) is 0 Å². The third-order valence-corrected chi connectivity index (χ3v) is 2.60. The first-order valence-corrected chi connectivity index (χ1v) is 6.14. The van der Waals surface area contributed by atoms with Crippen molar-refractivity contribution >= 4 is 0 Å². The average Bonchev–Trinajstić information content (AvgIpc) is 2.79. The van der Waals surface area contributed by atoms with Gasteiger partial charge in [-0.3, -0.25) is 4.68 Å². The number of aliphatic hydroxyl groups excluding tert-OH is 1. The third kappa shape index (κ3) is 5.81. The van der Waals surface area contributed by atoms with Crippen LogP contribution >= 0.6 is 0 Å². The van der Waals surface area contributed by atoms with Crippen molar-refractivity contribution in [3.8, 4) is 0 Å². The fraction of sp³-hybridized carbons (Fsp3) is 0.750. The van der Waals surface area contributed by atoms with Crippen molar-refractivity contribution < 1.29 is 9.84 Å². The molecule has 5 nitrogen and oxygen atoms in total. The minimum absolute atomic E-state index is 0.317. The van der Waals surface area contributed by atoms with E-state index in [1.165, 1.54) is 0 Å². The minimum atomic E-state index is -0.425. The van der Waals surface area contributed by atoms with Gasteiger partial charge in [-0.25, -0.2) is 0 Å². The molecule has 1 aromatic heterocycles. The lowest BCUT2D eigenvalue weighted by Crippen LogP contribution is -2.39. The summed E-state index contributed by atoms with van der Waals surface area (Å²) in [6, 6.07) is 2.17. The number of aliphatic hydroxyl groups is 1. The molecule has 2 atom stereocenters. The number of hydrogen-bond donors (Lipinski definition) is 2. The van der Waals surface area contributed by atoms with Crippen LogP contribution < -0.4 is 5.32 Å². The summed E-state index contributed by atoms with van der Waals surface area (Å²) in [4.78, 5) is 0. The van der Waals surface area contributed by atoms with Crippen molar-refractivity contribution in [2.75, 3.05) is 20.3 Å². The summed E-state index contributed by atoms with van der Waals surface area (Å²) in [6.45, 7) is 3.91. The van der Waals surface area contributed by atoms with Crippen LogP contribution in [0.1, 0.15) is 19.8 Å². The van der Waals surface area contributed by atoms with Crippen LogP contribution in [-0.4, -0.2) is 47.3 Å². The number of methoxy groups -OCH3 is 1. The molecule has 0 amide bonds. The zero-order chi connectivity index (χ0) is 12.5. The van der Waals surface area contributed by atoms with Gasteiger partial charge in [0.05, 0.1) is 19.3 Å². The van der Waals surface area contributed by atoms with E-state index in [2.05, 4.69) is 17.3 Å². The molecule has 1 aromatic rings. The Bertz CT molecular complexity index is 271. The molecule has 0 spiro atoms. The smallest absolute Gasteiger partial charge is 0.0860 e. The molecule has 0 bridgehead atoms. The van der Waals surface area contributed by atoms with E-state index in [9.17, 15) is 5.11 Å². The maximum absolute atomic E-state index is 9.84. The second-order valence-electron chi connectivity index (χ2n) is 4.23. The number of nitrogens with one attached hydrogen (secondary N) is 1. The van der Waals surface area contributed by atoms with E-state index in [-0.39, 0.29) is 0 Å². The zero-order valence-corrected chi connectivity index (χ0v) is 10.7. The second kappa shape index (κ2) is 8.22. The highest BCUT2D eigenvalue weighted by Crippen LogP contribution is 1.98. The van der Waals surface area contributed by atoms with Gasteiger partial charge in [0, 0.05) is 32.1 Å². The van der Waals surface area contributed by atoms with E-state index >= 15 is 0 Å². The molecule has 0 aromatic carbocycles. The summed E-state index contributed by atoms with van der Waals surface area (Å²) < 4.78 is 6.87. The first kappa shape index (κ1) is 14.2. The Labute approximate surface area is 103 Å². The molecule has 0 saturated heterocycles. The van der Waals surface area contributed by atoms with Crippen molar-refractivity contribution in [3.63, 3.8) is 0 Å². The van der Waals surface area contributed by atoms with Crippen LogP contribution in [0.25, 0.3) is 0 Å². The molecule has 0 saturated carbocycles. The Kier molecular flexibility index (Phi) is 6.84. The number of nitrogens with zero attached hydrogens (tertiary/aromatic N) is 2. The van der Waals surface area contributed by atoms with Gasteiger partial charge in [0.15, 0.2) is 0 Å². The maximum Gasteiger partial charge on any atom is 0.0860 e. The van der Waals surface area contributed by atoms with E-state index in [4.69, 9.17) is 4.74 Å². The van der Waals surface area contributed by atoms with Crippen LogP contribution in [0.2, 0.25) is 0 Å². The van der Waals surface area contributed by atoms with Crippen molar-refractivity contribution in [3.05, 3.63) is 18.5 Å². The predicted molar refractivity (Wildman–Crippen MR) is 66.8 cm³/mol. The summed E-state index contributed by atoms with van der Waals surface area (Å²) in [5, 5.41) is 17.2. The van der Waals surface area contributed by atoms with Gasteiger partial charge < -0.3 is 15.2 Å². The first-order chi connectivity index (χ1) is 8.26. The van der Waals surface area contributed by atoms with Crippen LogP contribution in [0, 0.1) is 0 Å². The molecule has 5 heteroatoms. The minimum Gasteiger partial charge on any atom is -0.390 e. The van der Waals surface area contributed by atoms with Gasteiger partial charge >= 0.3 is 0 Å². The third-order valence-electron chi connectivity index (χ3n) is 2.60. The summed E-state index contributed by atoms with van der Waals surface area (Å²) in [6.07, 6.45) is 5.30. The molecule has 1 heterocycles. The Hall–Kier alpha value is -0.910. The Morgan fingerprint density at radius 1 is 1.53 bits per heavy atom. The summed E-state index contributed by atoms with van der Waals surface area (Å²) >= 11 is 0. The Balaban J connectivity index is 2.23. The lowest BCUT2D eigenvalue weighted by Gasteiger charge is -2.19. The van der Waals surface area contributed by atoms with Crippen LogP contribution in [0.4, 0.5) is 0 Å². The molecular weight excluding hydrogens is 218 g/mol. The van der Waals surface area contributed by atoms with Crippen molar-refractivity contribution in [1.29, 1.82) is 0 Å². The van der Waals surface area contributed by atoms with Crippen LogP contribution in [0.15, 0.2) is 18.5 Å². The van der Waals surface area contributed by atoms with Gasteiger partial charge in [-0.2, -0.15) is 5.10 Å². The SMILES string of the molecule is CCCC(COC)NCC(O)Cn1cccn1. The summed E-state index contributed by atoms with van der Waals surface area (Å²) in [7, 11) is 1.70. The highest BCUT2D eigenvalue weighted by atomic mass is 16.5. The molecule has 98 valence electrons. The number of hydrogen-bond acceptors (Lipinski definition) is 4. The second-order valence-corrected chi connectivity index (χ2v) is 4.23. The molecule has 2 N–H and O–H groups in total. The molecule has 2 unspecified atom stereocenters. The predicted octanol–water partition coefficient (Wildman–Crippen LogP) is 0.649. The molecule has 0 radical (unpaired) electrons. The largest absolute Gasteiger partial charge is 0.390 e. The topological polar surface area (TPSA) is 59.3 Å². The lowest BCUT2D eigenvalue weighted by molar-refractivity contribution is 0.122. The number of rotatable bonds is 9. The number of aromatic nitrogens is 2. The molecule has 0 aliphatic rings. The van der Waals surface area contributed by atoms with E-state index in [1.54, 1.807) is 18.0 Å². The molecule has 0 aliphatic heterocycles. The van der Waals surface area contributed by atoms with Gasteiger partial charge in [-0.05, 0) is 12.5 Å². The first-order valence-electron chi connectivity index (χ1n) is 6.14. The van der Waals surface area contributed by atoms with Crippen molar-refractivity contribution in [2.24, 2.45) is 0 Å². The molecule has 17 heavy (non-hydrogen) atoms. The van der Waals surface area contributed by atoms with Crippen molar-refractivity contribution in [1.82, 2.24) is 15.1 Å². The van der Waals surface area contributed by atoms with Crippen LogP contribution in [-0.2, 0) is 11.3 Å². The molecule has 0 fully saturated rings. The fourth-order valence-electron chi connectivity index (χ4n) is 1.79. The Morgan fingerprint density at radius 3 is 2.94 bits per heavy atom. The van der Waals surface area contributed by atoms with Crippen molar-refractivity contribution in [2.45, 2.75) is 38.5 Å². The van der Waals surface area contributed by atoms with E-state index in [1.807, 2.05) is 12.3 Å². The van der Waals surface area contributed by atoms with E-state index in [0.717, 1.165) is 12.8 Å². The maximum atomic E-state index is 9.84. The monoisotopic (exact) mass is 241 g/mol.